The number of hydrogen-bond donors (Lipinski definition) is 2. The van der Waals surface area contributed by atoms with Gasteiger partial charge in [-0.25, -0.2) is 0 Å². The van der Waals surface area contributed by atoms with Crippen molar-refractivity contribution < 1.29 is 4.74 Å². The molecule has 20 heavy (non-hydrogen) atoms. The molecular formula is C15H17N3O2. The molecule has 0 spiro atoms. The van der Waals surface area contributed by atoms with Crippen LogP contribution >= 0.6 is 0 Å². The molecule has 2 heterocycles. The summed E-state index contributed by atoms with van der Waals surface area (Å²) in [7, 11) is 1.88. The quantitative estimate of drug-likeness (QED) is 0.765. The van der Waals surface area contributed by atoms with Crippen LogP contribution in [-0.2, 0) is 0 Å². The fourth-order valence-corrected chi connectivity index (χ4v) is 2.38. The van der Waals surface area contributed by atoms with Gasteiger partial charge in [-0.15, -0.1) is 0 Å². The number of ether oxygens (including phenoxy) is 1. The van der Waals surface area contributed by atoms with E-state index in [2.05, 4.69) is 15.3 Å². The summed E-state index contributed by atoms with van der Waals surface area (Å²) in [6.07, 6.45) is 2.78. The SMILES string of the molecule is CNCCOc1ccc2c3c(c(=O)[nH]c2c1)=CCCN=3. The number of likely N-dealkylation sites (N-methyl/N-ethyl adjacent to an activating group) is 1. The molecule has 1 aliphatic rings. The first-order valence-corrected chi connectivity index (χ1v) is 6.78. The Bertz CT molecular complexity index is 808. The summed E-state index contributed by atoms with van der Waals surface area (Å²) >= 11 is 0. The van der Waals surface area contributed by atoms with Crippen molar-refractivity contribution >= 4 is 17.0 Å². The summed E-state index contributed by atoms with van der Waals surface area (Å²) in [5, 5.41) is 5.48. The smallest absolute Gasteiger partial charge is 0.257 e. The standard InChI is InChI=1S/C15H17N3O2/c1-16-7-8-20-10-4-5-11-13(9-10)18-15(19)12-3-2-6-17-14(11)12/h3-5,9,16H,2,6-8H2,1H3,(H,18,19). The number of pyridine rings is 1. The van der Waals surface area contributed by atoms with Gasteiger partial charge in [0.2, 0.25) is 0 Å². The van der Waals surface area contributed by atoms with Gasteiger partial charge in [0.15, 0.2) is 0 Å². The van der Waals surface area contributed by atoms with Crippen LogP contribution < -0.4 is 26.2 Å². The van der Waals surface area contributed by atoms with Gasteiger partial charge >= 0.3 is 0 Å². The van der Waals surface area contributed by atoms with Crippen LogP contribution in [0.4, 0.5) is 0 Å². The first-order valence-electron chi connectivity index (χ1n) is 6.78. The zero-order valence-electron chi connectivity index (χ0n) is 11.4. The Kier molecular flexibility index (Phi) is 3.52. The van der Waals surface area contributed by atoms with E-state index in [9.17, 15) is 4.79 Å². The lowest BCUT2D eigenvalue weighted by Gasteiger charge is -2.08. The molecule has 2 N–H and O–H groups in total. The van der Waals surface area contributed by atoms with E-state index in [1.54, 1.807) is 0 Å². The highest BCUT2D eigenvalue weighted by atomic mass is 16.5. The Morgan fingerprint density at radius 2 is 2.35 bits per heavy atom. The molecule has 5 heteroatoms. The normalized spacial score (nSPS) is 13.4. The maximum Gasteiger partial charge on any atom is 0.257 e. The van der Waals surface area contributed by atoms with Gasteiger partial charge in [0.25, 0.3) is 5.56 Å². The fourth-order valence-electron chi connectivity index (χ4n) is 2.38. The van der Waals surface area contributed by atoms with E-state index in [4.69, 9.17) is 4.74 Å². The van der Waals surface area contributed by atoms with Crippen molar-refractivity contribution in [3.8, 4) is 5.75 Å². The molecule has 1 aromatic carbocycles. The number of nitrogens with one attached hydrogen (secondary N) is 2. The van der Waals surface area contributed by atoms with Crippen molar-refractivity contribution in [2.75, 3.05) is 26.7 Å². The molecule has 2 aromatic rings. The maximum atomic E-state index is 12.1. The molecule has 3 rings (SSSR count). The van der Waals surface area contributed by atoms with Crippen LogP contribution in [0.15, 0.2) is 28.0 Å². The molecule has 0 saturated carbocycles. The molecule has 0 amide bonds. The van der Waals surface area contributed by atoms with E-state index in [0.717, 1.165) is 41.5 Å². The minimum Gasteiger partial charge on any atom is -0.492 e. The van der Waals surface area contributed by atoms with Gasteiger partial charge in [-0.1, -0.05) is 6.08 Å². The minimum atomic E-state index is -0.0803. The third-order valence-electron chi connectivity index (χ3n) is 3.36. The molecule has 0 atom stereocenters. The first-order chi connectivity index (χ1) is 9.79. The summed E-state index contributed by atoms with van der Waals surface area (Å²) < 4.78 is 5.62. The van der Waals surface area contributed by atoms with E-state index >= 15 is 0 Å². The lowest BCUT2D eigenvalue weighted by atomic mass is 10.1. The molecule has 0 radical (unpaired) electrons. The Hall–Kier alpha value is -2.14. The number of aromatic nitrogens is 1. The number of H-pyrrole nitrogens is 1. The molecule has 0 fully saturated rings. The van der Waals surface area contributed by atoms with Crippen LogP contribution in [0.1, 0.15) is 6.42 Å². The number of fused-ring (bicyclic) bond motifs is 3. The Labute approximate surface area is 116 Å². The topological polar surface area (TPSA) is 66.5 Å². The molecule has 0 unspecified atom stereocenters. The Morgan fingerprint density at radius 1 is 1.45 bits per heavy atom. The number of benzene rings is 1. The fraction of sp³-hybridized carbons (Fsp3) is 0.333. The van der Waals surface area contributed by atoms with Crippen LogP contribution in [0.2, 0.25) is 0 Å². The molecule has 1 aromatic heterocycles. The first kappa shape index (κ1) is 12.9. The second-order valence-corrected chi connectivity index (χ2v) is 4.75. The van der Waals surface area contributed by atoms with Crippen molar-refractivity contribution in [1.82, 2.24) is 10.3 Å². The largest absolute Gasteiger partial charge is 0.492 e. The average molecular weight is 271 g/mol. The zero-order chi connectivity index (χ0) is 13.9. The molecule has 5 nitrogen and oxygen atoms in total. The second kappa shape index (κ2) is 5.46. The molecule has 0 aliphatic carbocycles. The zero-order valence-corrected chi connectivity index (χ0v) is 11.4. The van der Waals surface area contributed by atoms with Crippen LogP contribution in [0, 0.1) is 0 Å². The van der Waals surface area contributed by atoms with Gasteiger partial charge in [-0.3, -0.25) is 9.79 Å². The summed E-state index contributed by atoms with van der Waals surface area (Å²) in [5.74, 6) is 0.753. The lowest BCUT2D eigenvalue weighted by molar-refractivity contribution is 0.319. The molecule has 0 bridgehead atoms. The molecule has 0 saturated heterocycles. The van der Waals surface area contributed by atoms with Crippen molar-refractivity contribution in [1.29, 1.82) is 0 Å². The van der Waals surface area contributed by atoms with Crippen molar-refractivity contribution in [3.63, 3.8) is 0 Å². The lowest BCUT2D eigenvalue weighted by Crippen LogP contribution is -2.42. The van der Waals surface area contributed by atoms with E-state index in [0.29, 0.717) is 11.8 Å². The summed E-state index contributed by atoms with van der Waals surface area (Å²) in [6, 6.07) is 5.74. The van der Waals surface area contributed by atoms with Gasteiger partial charge < -0.3 is 15.0 Å². The summed E-state index contributed by atoms with van der Waals surface area (Å²) in [6.45, 7) is 2.12. The molecular weight excluding hydrogens is 254 g/mol. The van der Waals surface area contributed by atoms with Gasteiger partial charge in [0.1, 0.15) is 12.4 Å². The van der Waals surface area contributed by atoms with E-state index in [-0.39, 0.29) is 5.56 Å². The van der Waals surface area contributed by atoms with Crippen molar-refractivity contribution in [2.24, 2.45) is 4.99 Å². The van der Waals surface area contributed by atoms with Gasteiger partial charge in [0, 0.05) is 24.5 Å². The Morgan fingerprint density at radius 3 is 3.20 bits per heavy atom. The predicted octanol–water partition coefficient (Wildman–Crippen LogP) is -0.0699. The number of rotatable bonds is 4. The summed E-state index contributed by atoms with van der Waals surface area (Å²) in [4.78, 5) is 19.4. The minimum absolute atomic E-state index is 0.0803. The summed E-state index contributed by atoms with van der Waals surface area (Å²) in [5.41, 5.74) is 0.693. The molecule has 1 aliphatic heterocycles. The number of aromatic amines is 1. The van der Waals surface area contributed by atoms with Gasteiger partial charge in [-0.2, -0.15) is 0 Å². The highest BCUT2D eigenvalue weighted by Gasteiger charge is 2.06. The average Bonchev–Trinajstić information content (AvgIpc) is 2.48. The highest BCUT2D eigenvalue weighted by molar-refractivity contribution is 5.79. The predicted molar refractivity (Wildman–Crippen MR) is 78.7 cm³/mol. The van der Waals surface area contributed by atoms with Crippen LogP contribution in [0.25, 0.3) is 17.0 Å². The third-order valence-corrected chi connectivity index (χ3v) is 3.36. The van der Waals surface area contributed by atoms with Gasteiger partial charge in [-0.05, 0) is 25.6 Å². The van der Waals surface area contributed by atoms with Gasteiger partial charge in [0.05, 0.1) is 16.1 Å². The van der Waals surface area contributed by atoms with Crippen LogP contribution in [0.5, 0.6) is 5.75 Å². The van der Waals surface area contributed by atoms with Crippen LogP contribution in [0.3, 0.4) is 0 Å². The number of hydrogen-bond acceptors (Lipinski definition) is 4. The maximum absolute atomic E-state index is 12.1. The van der Waals surface area contributed by atoms with Crippen LogP contribution in [-0.4, -0.2) is 31.7 Å². The Balaban J connectivity index is 2.11. The van der Waals surface area contributed by atoms with Crippen molar-refractivity contribution in [2.45, 2.75) is 6.42 Å². The second-order valence-electron chi connectivity index (χ2n) is 4.75. The number of nitrogens with zero attached hydrogens (tertiary/aromatic N) is 1. The van der Waals surface area contributed by atoms with E-state index < -0.39 is 0 Å². The van der Waals surface area contributed by atoms with E-state index in [1.165, 1.54) is 0 Å². The van der Waals surface area contributed by atoms with Crippen molar-refractivity contribution in [3.05, 3.63) is 39.1 Å². The molecule has 104 valence electrons. The van der Waals surface area contributed by atoms with E-state index in [1.807, 2.05) is 31.3 Å². The monoisotopic (exact) mass is 271 g/mol. The third kappa shape index (κ3) is 2.32. The highest BCUT2D eigenvalue weighted by Crippen LogP contribution is 2.15.